The van der Waals surface area contributed by atoms with Crippen molar-refractivity contribution in [3.05, 3.63) is 55.4 Å². The molecule has 0 radical (unpaired) electrons. The number of imidazole rings is 1. The van der Waals surface area contributed by atoms with Crippen LogP contribution in [0, 0.1) is 0 Å². The second kappa shape index (κ2) is 8.26. The van der Waals surface area contributed by atoms with Crippen molar-refractivity contribution in [2.24, 2.45) is 0 Å². The second-order valence-corrected chi connectivity index (χ2v) is 5.66. The lowest BCUT2D eigenvalue weighted by atomic mass is 10.3. The quantitative estimate of drug-likeness (QED) is 0.741. The van der Waals surface area contributed by atoms with E-state index in [1.54, 1.807) is 23.3 Å². The molecule has 0 unspecified atom stereocenters. The van der Waals surface area contributed by atoms with Gasteiger partial charge in [-0.2, -0.15) is 4.98 Å². The molecule has 0 saturated heterocycles. The number of nitrogens with one attached hydrogen (secondary N) is 1. The summed E-state index contributed by atoms with van der Waals surface area (Å²) in [5, 5.41) is 3.46. The Bertz CT molecular complexity index is 678. The highest BCUT2D eigenvalue weighted by atomic mass is 15.2. The van der Waals surface area contributed by atoms with E-state index in [0.717, 1.165) is 38.5 Å². The molecule has 0 fully saturated rings. The van der Waals surface area contributed by atoms with Crippen LogP contribution in [0.25, 0.3) is 5.95 Å². The van der Waals surface area contributed by atoms with Gasteiger partial charge in [0, 0.05) is 44.9 Å². The molecule has 3 rings (SSSR count). The molecule has 2 aromatic heterocycles. The minimum absolute atomic E-state index is 0.639. The third-order valence-corrected chi connectivity index (χ3v) is 3.80. The molecule has 1 aliphatic heterocycles. The maximum Gasteiger partial charge on any atom is 0.236 e. The zero-order chi connectivity index (χ0) is 16.6. The fourth-order valence-electron chi connectivity index (χ4n) is 2.46. The first-order chi connectivity index (χ1) is 11.8. The molecule has 0 amide bonds. The first kappa shape index (κ1) is 16.2. The number of nitrogens with zero attached hydrogens (tertiary/aromatic N) is 6. The van der Waals surface area contributed by atoms with E-state index in [1.165, 1.54) is 0 Å². The van der Waals surface area contributed by atoms with Crippen LogP contribution in [0.15, 0.2) is 55.4 Å². The SMILES string of the molecule is CN(CCCNCN1C=CC=CC1)c1ccnc(-n2ccnc2)n1. The van der Waals surface area contributed by atoms with E-state index in [-0.39, 0.29) is 0 Å². The first-order valence-corrected chi connectivity index (χ1v) is 8.13. The summed E-state index contributed by atoms with van der Waals surface area (Å²) in [4.78, 5) is 17.3. The van der Waals surface area contributed by atoms with Crippen molar-refractivity contribution >= 4 is 5.82 Å². The summed E-state index contributed by atoms with van der Waals surface area (Å²) in [7, 11) is 2.05. The Morgan fingerprint density at radius 3 is 3.04 bits per heavy atom. The Labute approximate surface area is 142 Å². The van der Waals surface area contributed by atoms with E-state index < -0.39 is 0 Å². The lowest BCUT2D eigenvalue weighted by Gasteiger charge is -2.22. The summed E-state index contributed by atoms with van der Waals surface area (Å²) in [6, 6.07) is 1.93. The topological polar surface area (TPSA) is 62.1 Å². The van der Waals surface area contributed by atoms with E-state index in [0.29, 0.717) is 5.95 Å². The third-order valence-electron chi connectivity index (χ3n) is 3.80. The van der Waals surface area contributed by atoms with Crippen molar-refractivity contribution in [3.8, 4) is 5.95 Å². The van der Waals surface area contributed by atoms with Crippen molar-refractivity contribution in [1.29, 1.82) is 0 Å². The molecule has 7 heteroatoms. The minimum Gasteiger partial charge on any atom is -0.361 e. The van der Waals surface area contributed by atoms with Gasteiger partial charge in [-0.05, 0) is 25.1 Å². The molecule has 0 spiro atoms. The molecule has 1 aliphatic rings. The highest BCUT2D eigenvalue weighted by Gasteiger charge is 2.06. The van der Waals surface area contributed by atoms with Gasteiger partial charge in [-0.15, -0.1) is 0 Å². The average molecular weight is 325 g/mol. The maximum absolute atomic E-state index is 4.58. The standard InChI is InChI=1S/C17H23N7/c1-22(10-5-7-18-14-23-11-3-2-4-12-23)16-6-8-20-17(21-16)24-13-9-19-15-24/h2-4,6,8-9,11,13,15,18H,5,7,10,12,14H2,1H3. The number of anilines is 1. The maximum atomic E-state index is 4.58. The van der Waals surface area contributed by atoms with E-state index >= 15 is 0 Å². The number of hydrogen-bond donors (Lipinski definition) is 1. The van der Waals surface area contributed by atoms with Crippen LogP contribution in [0.2, 0.25) is 0 Å². The van der Waals surface area contributed by atoms with E-state index in [4.69, 9.17) is 0 Å². The predicted molar refractivity (Wildman–Crippen MR) is 94.9 cm³/mol. The van der Waals surface area contributed by atoms with E-state index in [1.807, 2.05) is 12.3 Å². The molecule has 7 nitrogen and oxygen atoms in total. The first-order valence-electron chi connectivity index (χ1n) is 8.13. The van der Waals surface area contributed by atoms with Crippen molar-refractivity contribution in [2.75, 3.05) is 38.3 Å². The Morgan fingerprint density at radius 2 is 2.25 bits per heavy atom. The number of hydrogen-bond acceptors (Lipinski definition) is 6. The largest absolute Gasteiger partial charge is 0.361 e. The van der Waals surface area contributed by atoms with Gasteiger partial charge < -0.3 is 9.80 Å². The van der Waals surface area contributed by atoms with Crippen molar-refractivity contribution in [1.82, 2.24) is 29.7 Å². The zero-order valence-corrected chi connectivity index (χ0v) is 13.9. The van der Waals surface area contributed by atoms with Gasteiger partial charge >= 0.3 is 0 Å². The van der Waals surface area contributed by atoms with Crippen LogP contribution < -0.4 is 10.2 Å². The number of allylic oxidation sites excluding steroid dienone is 2. The molecule has 126 valence electrons. The van der Waals surface area contributed by atoms with Crippen LogP contribution in [0.3, 0.4) is 0 Å². The molecule has 0 saturated carbocycles. The van der Waals surface area contributed by atoms with Crippen molar-refractivity contribution in [2.45, 2.75) is 6.42 Å². The fraction of sp³-hybridized carbons (Fsp3) is 0.353. The molecule has 0 atom stereocenters. The summed E-state index contributed by atoms with van der Waals surface area (Å²) < 4.78 is 1.81. The van der Waals surface area contributed by atoms with E-state index in [2.05, 4.69) is 61.5 Å². The second-order valence-electron chi connectivity index (χ2n) is 5.66. The summed E-state index contributed by atoms with van der Waals surface area (Å²) >= 11 is 0. The van der Waals surface area contributed by atoms with Gasteiger partial charge in [0.25, 0.3) is 0 Å². The van der Waals surface area contributed by atoms with Gasteiger partial charge in [0.05, 0.1) is 6.67 Å². The summed E-state index contributed by atoms with van der Waals surface area (Å²) in [5.41, 5.74) is 0. The highest BCUT2D eigenvalue weighted by Crippen LogP contribution is 2.10. The minimum atomic E-state index is 0.639. The van der Waals surface area contributed by atoms with Gasteiger partial charge in [-0.1, -0.05) is 12.2 Å². The van der Waals surface area contributed by atoms with Crippen LogP contribution in [-0.4, -0.2) is 57.8 Å². The number of aromatic nitrogens is 4. The van der Waals surface area contributed by atoms with Crippen LogP contribution in [0.4, 0.5) is 5.82 Å². The highest BCUT2D eigenvalue weighted by molar-refractivity contribution is 5.38. The molecular formula is C17H23N7. The molecule has 0 aliphatic carbocycles. The van der Waals surface area contributed by atoms with Crippen LogP contribution in [-0.2, 0) is 0 Å². The lowest BCUT2D eigenvalue weighted by molar-refractivity contribution is 0.371. The summed E-state index contributed by atoms with van der Waals surface area (Å²) in [5.74, 6) is 1.55. The van der Waals surface area contributed by atoms with Gasteiger partial charge in [0.15, 0.2) is 0 Å². The Morgan fingerprint density at radius 1 is 1.29 bits per heavy atom. The van der Waals surface area contributed by atoms with Gasteiger partial charge in [-0.25, -0.2) is 9.97 Å². The number of rotatable bonds is 8. The smallest absolute Gasteiger partial charge is 0.236 e. The average Bonchev–Trinajstić information content (AvgIpc) is 3.17. The van der Waals surface area contributed by atoms with Crippen molar-refractivity contribution < 1.29 is 0 Å². The van der Waals surface area contributed by atoms with Crippen molar-refractivity contribution in [3.63, 3.8) is 0 Å². The molecule has 24 heavy (non-hydrogen) atoms. The molecule has 3 heterocycles. The molecule has 0 aromatic carbocycles. The monoisotopic (exact) mass is 325 g/mol. The molecule has 0 bridgehead atoms. The third kappa shape index (κ3) is 4.42. The molecule has 2 aromatic rings. The Hall–Kier alpha value is -2.67. The fourth-order valence-corrected chi connectivity index (χ4v) is 2.46. The van der Waals surface area contributed by atoms with Crippen LogP contribution in [0.1, 0.15) is 6.42 Å². The summed E-state index contributed by atoms with van der Waals surface area (Å²) in [6.45, 7) is 3.76. The predicted octanol–water partition coefficient (Wildman–Crippen LogP) is 1.42. The van der Waals surface area contributed by atoms with Gasteiger partial charge in [-0.3, -0.25) is 9.88 Å². The summed E-state index contributed by atoms with van der Waals surface area (Å²) in [6.07, 6.45) is 16.5. The molecule has 1 N–H and O–H groups in total. The Kier molecular flexibility index (Phi) is 5.57. The Balaban J connectivity index is 1.42. The lowest BCUT2D eigenvalue weighted by Crippen LogP contribution is -2.33. The zero-order valence-electron chi connectivity index (χ0n) is 13.9. The van der Waals surface area contributed by atoms with E-state index in [9.17, 15) is 0 Å². The van der Waals surface area contributed by atoms with Gasteiger partial charge in [0.2, 0.25) is 5.95 Å². The van der Waals surface area contributed by atoms with Gasteiger partial charge in [0.1, 0.15) is 12.1 Å². The normalized spacial score (nSPS) is 13.5. The molecular weight excluding hydrogens is 302 g/mol. The van der Waals surface area contributed by atoms with Crippen LogP contribution >= 0.6 is 0 Å². The van der Waals surface area contributed by atoms with Crippen LogP contribution in [0.5, 0.6) is 0 Å².